The van der Waals surface area contributed by atoms with Crippen LogP contribution in [0.4, 0.5) is 0 Å². The number of rotatable bonds is 5. The van der Waals surface area contributed by atoms with E-state index in [-0.39, 0.29) is 18.7 Å². The number of aliphatic hydroxyl groups is 1. The van der Waals surface area contributed by atoms with Gasteiger partial charge in [-0.15, -0.1) is 0 Å². The minimum absolute atomic E-state index is 0.0414. The Balaban J connectivity index is 3.58. The molecular formula is C10H18O3. The molecular weight excluding hydrogens is 168 g/mol. The van der Waals surface area contributed by atoms with Gasteiger partial charge in [-0.05, 0) is 26.7 Å². The van der Waals surface area contributed by atoms with Crippen molar-refractivity contribution in [3.63, 3.8) is 0 Å². The molecule has 13 heavy (non-hydrogen) atoms. The molecule has 0 amide bonds. The first kappa shape index (κ1) is 12.2. The van der Waals surface area contributed by atoms with Crippen molar-refractivity contribution in [1.29, 1.82) is 0 Å². The molecule has 0 aromatic heterocycles. The van der Waals surface area contributed by atoms with Gasteiger partial charge in [-0.1, -0.05) is 11.6 Å². The molecule has 0 fully saturated rings. The first-order valence-electron chi connectivity index (χ1n) is 4.50. The van der Waals surface area contributed by atoms with Crippen molar-refractivity contribution in [2.24, 2.45) is 0 Å². The number of allylic oxidation sites excluding steroid dienone is 1. The largest absolute Gasteiger partial charge is 0.463 e. The highest BCUT2D eigenvalue weighted by atomic mass is 16.5. The van der Waals surface area contributed by atoms with E-state index in [4.69, 9.17) is 9.84 Å². The molecule has 0 heterocycles. The molecule has 76 valence electrons. The number of aliphatic hydroxyl groups excluding tert-OH is 1. The fraction of sp³-hybridized carbons (Fsp3) is 0.700. The van der Waals surface area contributed by atoms with Crippen LogP contribution in [0, 0.1) is 0 Å². The molecule has 0 aromatic rings. The van der Waals surface area contributed by atoms with Gasteiger partial charge in [-0.3, -0.25) is 4.79 Å². The number of carbonyl (C=O) groups is 1. The van der Waals surface area contributed by atoms with Gasteiger partial charge in [-0.25, -0.2) is 0 Å². The van der Waals surface area contributed by atoms with E-state index < -0.39 is 0 Å². The van der Waals surface area contributed by atoms with Gasteiger partial charge in [0.25, 0.3) is 0 Å². The molecule has 1 N–H and O–H groups in total. The molecule has 0 aliphatic carbocycles. The highest BCUT2D eigenvalue weighted by molar-refractivity contribution is 5.66. The lowest BCUT2D eigenvalue weighted by atomic mass is 10.1. The molecule has 0 bridgehead atoms. The molecule has 0 saturated carbocycles. The third-order valence-corrected chi connectivity index (χ3v) is 1.68. The van der Waals surface area contributed by atoms with Crippen molar-refractivity contribution in [1.82, 2.24) is 0 Å². The van der Waals surface area contributed by atoms with E-state index >= 15 is 0 Å². The monoisotopic (exact) mass is 186 g/mol. The summed E-state index contributed by atoms with van der Waals surface area (Å²) in [6.45, 7) is 5.24. The summed E-state index contributed by atoms with van der Waals surface area (Å²) < 4.78 is 4.93. The van der Waals surface area contributed by atoms with Crippen LogP contribution in [-0.4, -0.2) is 23.8 Å². The van der Waals surface area contributed by atoms with Crippen molar-refractivity contribution in [3.8, 4) is 0 Å². The number of hydrogen-bond acceptors (Lipinski definition) is 3. The zero-order valence-corrected chi connectivity index (χ0v) is 8.54. The molecule has 1 atom stereocenters. The zero-order chi connectivity index (χ0) is 10.3. The lowest BCUT2D eigenvalue weighted by Crippen LogP contribution is -2.11. The smallest absolute Gasteiger partial charge is 0.302 e. The first-order chi connectivity index (χ1) is 6.06. The average Bonchev–Trinajstić information content (AvgIpc) is 2.02. The Hall–Kier alpha value is -0.830. The van der Waals surface area contributed by atoms with Crippen molar-refractivity contribution < 1.29 is 14.6 Å². The highest BCUT2D eigenvalue weighted by Gasteiger charge is 2.03. The Labute approximate surface area is 79.4 Å². The Morgan fingerprint density at radius 3 is 2.62 bits per heavy atom. The van der Waals surface area contributed by atoms with E-state index in [1.807, 2.05) is 19.9 Å². The van der Waals surface area contributed by atoms with Crippen molar-refractivity contribution in [3.05, 3.63) is 11.6 Å². The van der Waals surface area contributed by atoms with Crippen LogP contribution in [0.15, 0.2) is 11.6 Å². The predicted octanol–water partition coefficient (Wildman–Crippen LogP) is 1.66. The minimum Gasteiger partial charge on any atom is -0.463 e. The van der Waals surface area contributed by atoms with Gasteiger partial charge >= 0.3 is 5.97 Å². The van der Waals surface area contributed by atoms with Gasteiger partial charge in [0.15, 0.2) is 0 Å². The Bertz CT molecular complexity index is 185. The Morgan fingerprint density at radius 1 is 1.54 bits per heavy atom. The summed E-state index contributed by atoms with van der Waals surface area (Å²) in [6, 6.07) is 0. The van der Waals surface area contributed by atoms with E-state index in [0.717, 1.165) is 18.4 Å². The summed E-state index contributed by atoms with van der Waals surface area (Å²) in [5, 5.41) is 8.69. The summed E-state index contributed by atoms with van der Waals surface area (Å²) in [5.41, 5.74) is 0.954. The van der Waals surface area contributed by atoms with Crippen molar-refractivity contribution >= 4 is 5.97 Å². The van der Waals surface area contributed by atoms with E-state index in [9.17, 15) is 4.79 Å². The van der Waals surface area contributed by atoms with Crippen LogP contribution in [0.5, 0.6) is 0 Å². The van der Waals surface area contributed by atoms with Crippen LogP contribution >= 0.6 is 0 Å². The van der Waals surface area contributed by atoms with E-state index in [0.29, 0.717) is 0 Å². The quantitative estimate of drug-likeness (QED) is 0.524. The summed E-state index contributed by atoms with van der Waals surface area (Å²) >= 11 is 0. The van der Waals surface area contributed by atoms with Crippen LogP contribution in [0.3, 0.4) is 0 Å². The topological polar surface area (TPSA) is 46.5 Å². The van der Waals surface area contributed by atoms with Crippen LogP contribution in [0.2, 0.25) is 0 Å². The number of carbonyl (C=O) groups excluding carboxylic acids is 1. The molecule has 0 rings (SSSR count). The van der Waals surface area contributed by atoms with Crippen LogP contribution in [-0.2, 0) is 9.53 Å². The molecule has 0 radical (unpaired) electrons. The van der Waals surface area contributed by atoms with Crippen LogP contribution in [0.25, 0.3) is 0 Å². The predicted molar refractivity (Wildman–Crippen MR) is 51.3 cm³/mol. The van der Waals surface area contributed by atoms with Gasteiger partial charge in [0.1, 0.15) is 0 Å². The molecule has 0 spiro atoms. The summed E-state index contributed by atoms with van der Waals surface area (Å²) in [5.74, 6) is -0.240. The Kier molecular flexibility index (Phi) is 6.24. The second-order valence-corrected chi connectivity index (χ2v) is 3.21. The molecule has 0 unspecified atom stereocenters. The van der Waals surface area contributed by atoms with Crippen molar-refractivity contribution in [2.75, 3.05) is 6.61 Å². The third kappa shape index (κ3) is 7.53. The molecule has 0 aliphatic heterocycles. The van der Waals surface area contributed by atoms with E-state index in [1.165, 1.54) is 6.92 Å². The summed E-state index contributed by atoms with van der Waals surface area (Å²) in [7, 11) is 0. The highest BCUT2D eigenvalue weighted by Crippen LogP contribution is 2.04. The minimum atomic E-state index is -0.240. The van der Waals surface area contributed by atoms with Crippen LogP contribution in [0.1, 0.15) is 33.6 Å². The maximum atomic E-state index is 10.5. The van der Waals surface area contributed by atoms with Gasteiger partial charge in [0.05, 0.1) is 12.7 Å². The van der Waals surface area contributed by atoms with E-state index in [1.54, 1.807) is 0 Å². The maximum Gasteiger partial charge on any atom is 0.302 e. The lowest BCUT2D eigenvalue weighted by molar-refractivity contribution is -0.145. The van der Waals surface area contributed by atoms with Gasteiger partial charge in [0, 0.05) is 6.92 Å². The summed E-state index contributed by atoms with van der Waals surface area (Å²) in [6.07, 6.45) is 3.55. The second-order valence-electron chi connectivity index (χ2n) is 3.21. The molecule has 3 heteroatoms. The first-order valence-corrected chi connectivity index (χ1v) is 4.50. The normalized spacial score (nSPS) is 14.0. The fourth-order valence-electron chi connectivity index (χ4n) is 0.971. The van der Waals surface area contributed by atoms with Crippen molar-refractivity contribution in [2.45, 2.75) is 39.7 Å². The fourth-order valence-corrected chi connectivity index (χ4v) is 0.971. The third-order valence-electron chi connectivity index (χ3n) is 1.68. The standard InChI is InChI=1S/C10H18O3/c1-8(7-11)5-4-6-9(2)13-10(3)12/h5,9,11H,4,6-7H2,1-3H3/b8-5+/t9-/m0/s1. The average molecular weight is 186 g/mol. The molecule has 0 saturated heterocycles. The van der Waals surface area contributed by atoms with Gasteiger partial charge in [0.2, 0.25) is 0 Å². The maximum absolute atomic E-state index is 10.5. The van der Waals surface area contributed by atoms with E-state index in [2.05, 4.69) is 0 Å². The zero-order valence-electron chi connectivity index (χ0n) is 8.54. The molecule has 0 aliphatic rings. The summed E-state index contributed by atoms with van der Waals surface area (Å²) in [4.78, 5) is 10.5. The Morgan fingerprint density at radius 2 is 2.15 bits per heavy atom. The molecule has 0 aromatic carbocycles. The lowest BCUT2D eigenvalue weighted by Gasteiger charge is -2.09. The number of hydrogen-bond donors (Lipinski definition) is 1. The second kappa shape index (κ2) is 6.66. The van der Waals surface area contributed by atoms with Gasteiger partial charge < -0.3 is 9.84 Å². The van der Waals surface area contributed by atoms with Crippen LogP contribution < -0.4 is 0 Å². The van der Waals surface area contributed by atoms with Gasteiger partial charge in [-0.2, -0.15) is 0 Å². The number of ether oxygens (including phenoxy) is 1. The number of esters is 1. The molecule has 3 nitrogen and oxygen atoms in total. The SMILES string of the molecule is CC(=O)O[C@@H](C)CC/C=C(\C)CO.